The highest BCUT2D eigenvalue weighted by Crippen LogP contribution is 2.29. The zero-order chi connectivity index (χ0) is 15.4. The molecule has 0 unspecified atom stereocenters. The monoisotopic (exact) mass is 286 g/mol. The van der Waals surface area contributed by atoms with Gasteiger partial charge in [-0.3, -0.25) is 4.79 Å². The summed E-state index contributed by atoms with van der Waals surface area (Å²) in [7, 11) is 5.33. The maximum Gasteiger partial charge on any atom is 0.259 e. The molecule has 2 aromatic rings. The first-order valence-electron chi connectivity index (χ1n) is 6.47. The van der Waals surface area contributed by atoms with Crippen LogP contribution in [0.2, 0.25) is 0 Å². The minimum Gasteiger partial charge on any atom is -0.504 e. The second-order valence-corrected chi connectivity index (χ2v) is 4.75. The Hall–Kier alpha value is -2.69. The topological polar surface area (TPSA) is 61.8 Å². The number of aromatic hydroxyl groups is 1. The highest BCUT2D eigenvalue weighted by Gasteiger charge is 2.14. The summed E-state index contributed by atoms with van der Waals surface area (Å²) in [6, 6.07) is 12.2. The molecule has 110 valence electrons. The van der Waals surface area contributed by atoms with Crippen LogP contribution < -0.4 is 15.0 Å². The van der Waals surface area contributed by atoms with E-state index in [-0.39, 0.29) is 23.0 Å². The van der Waals surface area contributed by atoms with Crippen LogP contribution in [0.25, 0.3) is 0 Å². The number of carbonyl (C=O) groups is 1. The number of phenolic OH excluding ortho intramolecular Hbond substituents is 1. The lowest BCUT2D eigenvalue weighted by Crippen LogP contribution is -2.13. The van der Waals surface area contributed by atoms with Crippen molar-refractivity contribution >= 4 is 17.3 Å². The molecular weight excluding hydrogens is 268 g/mol. The predicted octanol–water partition coefficient (Wildman–Crippen LogP) is 2.72. The number of carbonyl (C=O) groups excluding carboxylic acids is 1. The normalized spacial score (nSPS) is 10.0. The molecule has 0 aliphatic rings. The quantitative estimate of drug-likeness (QED) is 0.907. The van der Waals surface area contributed by atoms with Gasteiger partial charge in [0.2, 0.25) is 0 Å². The van der Waals surface area contributed by atoms with Crippen molar-refractivity contribution in [3.8, 4) is 11.5 Å². The van der Waals surface area contributed by atoms with E-state index < -0.39 is 0 Å². The first-order chi connectivity index (χ1) is 10.0. The number of para-hydroxylation sites is 1. The third kappa shape index (κ3) is 3.25. The third-order valence-corrected chi connectivity index (χ3v) is 3.11. The largest absolute Gasteiger partial charge is 0.504 e. The summed E-state index contributed by atoms with van der Waals surface area (Å²) in [6.07, 6.45) is 0. The van der Waals surface area contributed by atoms with E-state index in [9.17, 15) is 9.90 Å². The standard InChI is InChI=1S/C16H18N2O3/c1-18(2)12-9-7-11(8-10-12)17-16(20)13-5-4-6-14(21-3)15(13)19/h4-10,19H,1-3H3,(H,17,20). The van der Waals surface area contributed by atoms with Crippen LogP contribution in [0.4, 0.5) is 11.4 Å². The van der Waals surface area contributed by atoms with Gasteiger partial charge >= 0.3 is 0 Å². The number of amides is 1. The Balaban J connectivity index is 2.18. The number of rotatable bonds is 4. The van der Waals surface area contributed by atoms with Crippen LogP contribution >= 0.6 is 0 Å². The van der Waals surface area contributed by atoms with Crippen molar-refractivity contribution in [2.75, 3.05) is 31.4 Å². The van der Waals surface area contributed by atoms with Crippen molar-refractivity contribution in [2.24, 2.45) is 0 Å². The molecule has 0 bridgehead atoms. The Kier molecular flexibility index (Phi) is 4.33. The van der Waals surface area contributed by atoms with Gasteiger partial charge in [-0.15, -0.1) is 0 Å². The molecule has 0 aliphatic heterocycles. The van der Waals surface area contributed by atoms with Gasteiger partial charge in [0.25, 0.3) is 5.91 Å². The number of hydrogen-bond donors (Lipinski definition) is 2. The van der Waals surface area contributed by atoms with Gasteiger partial charge in [-0.05, 0) is 36.4 Å². The van der Waals surface area contributed by atoms with Crippen LogP contribution in [-0.4, -0.2) is 32.2 Å². The van der Waals surface area contributed by atoms with Crippen molar-refractivity contribution in [3.05, 3.63) is 48.0 Å². The molecular formula is C16H18N2O3. The van der Waals surface area contributed by atoms with Crippen molar-refractivity contribution in [1.29, 1.82) is 0 Å². The molecule has 5 nitrogen and oxygen atoms in total. The van der Waals surface area contributed by atoms with Crippen LogP contribution in [0.3, 0.4) is 0 Å². The molecule has 0 saturated heterocycles. The molecule has 0 radical (unpaired) electrons. The Morgan fingerprint density at radius 2 is 1.81 bits per heavy atom. The van der Waals surface area contributed by atoms with Gasteiger partial charge in [-0.1, -0.05) is 6.07 Å². The van der Waals surface area contributed by atoms with Crippen LogP contribution in [0, 0.1) is 0 Å². The highest BCUT2D eigenvalue weighted by molar-refractivity contribution is 6.06. The molecule has 0 aromatic heterocycles. The Morgan fingerprint density at radius 3 is 2.38 bits per heavy atom. The molecule has 1 amide bonds. The summed E-state index contributed by atoms with van der Waals surface area (Å²) in [6.45, 7) is 0. The van der Waals surface area contributed by atoms with E-state index in [1.807, 2.05) is 43.3 Å². The minimum absolute atomic E-state index is 0.164. The Labute approximate surface area is 123 Å². The molecule has 2 rings (SSSR count). The fourth-order valence-corrected chi connectivity index (χ4v) is 1.91. The van der Waals surface area contributed by atoms with Gasteiger partial charge in [0, 0.05) is 25.5 Å². The van der Waals surface area contributed by atoms with E-state index >= 15 is 0 Å². The molecule has 0 spiro atoms. The lowest BCUT2D eigenvalue weighted by molar-refractivity contribution is 0.102. The van der Waals surface area contributed by atoms with E-state index in [2.05, 4.69) is 5.32 Å². The average Bonchev–Trinajstić information content (AvgIpc) is 2.48. The molecule has 0 heterocycles. The van der Waals surface area contributed by atoms with Gasteiger partial charge in [0.05, 0.1) is 12.7 Å². The van der Waals surface area contributed by atoms with Gasteiger partial charge < -0.3 is 20.1 Å². The lowest BCUT2D eigenvalue weighted by atomic mass is 10.1. The summed E-state index contributed by atoms with van der Waals surface area (Å²) in [5.74, 6) is -0.281. The summed E-state index contributed by atoms with van der Waals surface area (Å²) in [5, 5.41) is 12.7. The van der Waals surface area contributed by atoms with Crippen LogP contribution in [0.5, 0.6) is 11.5 Å². The fraction of sp³-hybridized carbons (Fsp3) is 0.188. The van der Waals surface area contributed by atoms with Crippen LogP contribution in [0.15, 0.2) is 42.5 Å². The molecule has 0 fully saturated rings. The zero-order valence-electron chi connectivity index (χ0n) is 12.3. The first kappa shape index (κ1) is 14.7. The lowest BCUT2D eigenvalue weighted by Gasteiger charge is -2.13. The molecule has 21 heavy (non-hydrogen) atoms. The molecule has 5 heteroatoms. The Morgan fingerprint density at radius 1 is 1.14 bits per heavy atom. The van der Waals surface area contributed by atoms with E-state index in [1.165, 1.54) is 7.11 Å². The number of benzene rings is 2. The summed E-state index contributed by atoms with van der Waals surface area (Å²) in [4.78, 5) is 14.2. The average molecular weight is 286 g/mol. The highest BCUT2D eigenvalue weighted by atomic mass is 16.5. The van der Waals surface area contributed by atoms with Crippen LogP contribution in [-0.2, 0) is 0 Å². The second-order valence-electron chi connectivity index (χ2n) is 4.75. The SMILES string of the molecule is COc1cccc(C(=O)Nc2ccc(N(C)C)cc2)c1O. The van der Waals surface area contributed by atoms with Crippen molar-refractivity contribution < 1.29 is 14.6 Å². The van der Waals surface area contributed by atoms with Gasteiger partial charge in [-0.25, -0.2) is 0 Å². The number of nitrogens with zero attached hydrogens (tertiary/aromatic N) is 1. The zero-order valence-corrected chi connectivity index (χ0v) is 12.3. The summed E-state index contributed by atoms with van der Waals surface area (Å²) < 4.78 is 4.99. The van der Waals surface area contributed by atoms with Crippen LogP contribution in [0.1, 0.15) is 10.4 Å². The number of methoxy groups -OCH3 is 1. The smallest absolute Gasteiger partial charge is 0.259 e. The van der Waals surface area contributed by atoms with E-state index in [0.29, 0.717) is 5.69 Å². The van der Waals surface area contributed by atoms with E-state index in [1.54, 1.807) is 18.2 Å². The number of nitrogens with one attached hydrogen (secondary N) is 1. The molecule has 2 aromatic carbocycles. The van der Waals surface area contributed by atoms with Gasteiger partial charge in [0.15, 0.2) is 11.5 Å². The van der Waals surface area contributed by atoms with Crippen molar-refractivity contribution in [2.45, 2.75) is 0 Å². The number of hydrogen-bond acceptors (Lipinski definition) is 4. The maximum atomic E-state index is 12.2. The van der Waals surface area contributed by atoms with Gasteiger partial charge in [-0.2, -0.15) is 0 Å². The molecule has 0 saturated carbocycles. The van der Waals surface area contributed by atoms with E-state index in [4.69, 9.17) is 4.74 Å². The summed E-state index contributed by atoms with van der Waals surface area (Å²) >= 11 is 0. The maximum absolute atomic E-state index is 12.2. The fourth-order valence-electron chi connectivity index (χ4n) is 1.91. The van der Waals surface area contributed by atoms with Crippen molar-refractivity contribution in [1.82, 2.24) is 0 Å². The molecule has 2 N–H and O–H groups in total. The third-order valence-electron chi connectivity index (χ3n) is 3.11. The van der Waals surface area contributed by atoms with E-state index in [0.717, 1.165) is 5.69 Å². The Bertz CT molecular complexity index is 636. The first-order valence-corrected chi connectivity index (χ1v) is 6.47. The number of anilines is 2. The molecule has 0 aliphatic carbocycles. The predicted molar refractivity (Wildman–Crippen MR) is 83.4 cm³/mol. The van der Waals surface area contributed by atoms with Gasteiger partial charge in [0.1, 0.15) is 0 Å². The summed E-state index contributed by atoms with van der Waals surface area (Å²) in [5.41, 5.74) is 1.87. The van der Waals surface area contributed by atoms with Crippen molar-refractivity contribution in [3.63, 3.8) is 0 Å². The molecule has 0 atom stereocenters. The number of phenols is 1. The minimum atomic E-state index is -0.385. The number of ether oxygens (including phenoxy) is 1. The second kappa shape index (κ2) is 6.17.